The van der Waals surface area contributed by atoms with E-state index >= 15 is 0 Å². The first-order valence-corrected chi connectivity index (χ1v) is 11.5. The highest BCUT2D eigenvalue weighted by Gasteiger charge is 2.25. The average molecular weight is 441 g/mol. The van der Waals surface area contributed by atoms with Crippen molar-refractivity contribution in [1.82, 2.24) is 0 Å². The van der Waals surface area contributed by atoms with Gasteiger partial charge in [-0.3, -0.25) is 0 Å². The van der Waals surface area contributed by atoms with Crippen LogP contribution in [-0.4, -0.2) is 13.2 Å². The lowest BCUT2D eigenvalue weighted by Crippen LogP contribution is -2.22. The third-order valence-corrected chi connectivity index (χ3v) is 6.24. The molecule has 0 aliphatic rings. The molecule has 0 amide bonds. The molecular formula is C31H36O2. The summed E-state index contributed by atoms with van der Waals surface area (Å²) in [5.41, 5.74) is 5.10. The molecule has 3 rings (SSSR count). The van der Waals surface area contributed by atoms with Crippen LogP contribution >= 0.6 is 0 Å². The first kappa shape index (κ1) is 24.4. The summed E-state index contributed by atoms with van der Waals surface area (Å²) in [6.07, 6.45) is 4.48. The van der Waals surface area contributed by atoms with Crippen molar-refractivity contribution < 1.29 is 9.47 Å². The van der Waals surface area contributed by atoms with Gasteiger partial charge in [0.25, 0.3) is 0 Å². The first-order chi connectivity index (χ1) is 15.8. The second kappa shape index (κ2) is 10.6. The van der Waals surface area contributed by atoms with Gasteiger partial charge in [0.1, 0.15) is 24.7 Å². The van der Waals surface area contributed by atoms with Crippen LogP contribution in [0.4, 0.5) is 0 Å². The Kier molecular flexibility index (Phi) is 7.81. The second-order valence-electron chi connectivity index (χ2n) is 9.63. The lowest BCUT2D eigenvalue weighted by atomic mass is 9.75. The van der Waals surface area contributed by atoms with Gasteiger partial charge < -0.3 is 9.47 Å². The van der Waals surface area contributed by atoms with Crippen molar-refractivity contribution in [1.29, 1.82) is 0 Å². The van der Waals surface area contributed by atoms with Crippen molar-refractivity contribution in [2.75, 3.05) is 13.2 Å². The van der Waals surface area contributed by atoms with Gasteiger partial charge in [-0.15, -0.1) is 0 Å². The second-order valence-corrected chi connectivity index (χ2v) is 9.63. The summed E-state index contributed by atoms with van der Waals surface area (Å²) in [5, 5.41) is 0. The van der Waals surface area contributed by atoms with E-state index in [2.05, 4.69) is 89.4 Å². The van der Waals surface area contributed by atoms with Gasteiger partial charge >= 0.3 is 0 Å². The molecule has 2 nitrogen and oxygen atoms in total. The van der Waals surface area contributed by atoms with Gasteiger partial charge in [-0.25, -0.2) is 0 Å². The predicted molar refractivity (Wildman–Crippen MR) is 140 cm³/mol. The molecule has 0 saturated heterocycles. The molecule has 3 aromatic carbocycles. The Balaban J connectivity index is 1.77. The molecule has 0 aliphatic heterocycles. The zero-order valence-electron chi connectivity index (χ0n) is 20.4. The lowest BCUT2D eigenvalue weighted by molar-refractivity contribution is 0.362. The third kappa shape index (κ3) is 6.16. The highest BCUT2D eigenvalue weighted by atomic mass is 16.5. The summed E-state index contributed by atoms with van der Waals surface area (Å²) in [7, 11) is 0. The Hall–Kier alpha value is -3.26. The quantitative estimate of drug-likeness (QED) is 0.285. The molecule has 33 heavy (non-hydrogen) atoms. The molecule has 0 fully saturated rings. The van der Waals surface area contributed by atoms with Crippen molar-refractivity contribution in [3.05, 3.63) is 120 Å². The number of hydrogen-bond donors (Lipinski definition) is 0. The summed E-state index contributed by atoms with van der Waals surface area (Å²) in [4.78, 5) is 0. The van der Waals surface area contributed by atoms with Crippen LogP contribution in [0.3, 0.4) is 0 Å². The van der Waals surface area contributed by atoms with Gasteiger partial charge in [-0.2, -0.15) is 0 Å². The number of rotatable bonds is 11. The minimum absolute atomic E-state index is 0.00384. The van der Waals surface area contributed by atoms with Crippen LogP contribution in [0, 0.1) is 0 Å². The lowest BCUT2D eigenvalue weighted by Gasteiger charge is -2.29. The molecule has 0 aliphatic carbocycles. The van der Waals surface area contributed by atoms with Crippen molar-refractivity contribution >= 4 is 0 Å². The standard InChI is InChI=1S/C31H36O2/c1-7-20-32-28-16-12-25(13-17-28)30(3,4)23-24-10-9-11-27(22-24)31(5,6)26-14-18-29(19-15-26)33-21-8-2/h7-19,22H,1-2,20-21,23H2,3-6H3. The highest BCUT2D eigenvalue weighted by Crippen LogP contribution is 2.35. The number of hydrogen-bond acceptors (Lipinski definition) is 2. The largest absolute Gasteiger partial charge is 0.490 e. The van der Waals surface area contributed by atoms with Crippen LogP contribution < -0.4 is 9.47 Å². The Morgan fingerprint density at radius 2 is 1.18 bits per heavy atom. The van der Waals surface area contributed by atoms with Crippen LogP contribution in [0.25, 0.3) is 0 Å². The Morgan fingerprint density at radius 3 is 1.70 bits per heavy atom. The monoisotopic (exact) mass is 440 g/mol. The van der Waals surface area contributed by atoms with Crippen molar-refractivity contribution in [2.45, 2.75) is 44.9 Å². The Labute approximate surface area is 199 Å². The molecule has 0 heterocycles. The topological polar surface area (TPSA) is 18.5 Å². The molecular weight excluding hydrogens is 404 g/mol. The SMILES string of the molecule is C=CCOc1ccc(C(C)(C)Cc2cccc(C(C)(C)c3ccc(OCC=C)cc3)c2)cc1. The zero-order valence-corrected chi connectivity index (χ0v) is 20.4. The third-order valence-electron chi connectivity index (χ3n) is 6.24. The minimum Gasteiger partial charge on any atom is -0.490 e. The summed E-state index contributed by atoms with van der Waals surface area (Å²) in [5.74, 6) is 1.74. The van der Waals surface area contributed by atoms with Crippen LogP contribution in [0.15, 0.2) is 98.1 Å². The fraction of sp³-hybridized carbons (Fsp3) is 0.290. The van der Waals surface area contributed by atoms with E-state index < -0.39 is 0 Å². The van der Waals surface area contributed by atoms with E-state index in [0.717, 1.165) is 17.9 Å². The molecule has 0 saturated carbocycles. The molecule has 0 aromatic heterocycles. The molecule has 0 radical (unpaired) electrons. The Morgan fingerprint density at radius 1 is 0.667 bits per heavy atom. The van der Waals surface area contributed by atoms with Crippen LogP contribution in [0.5, 0.6) is 11.5 Å². The normalized spacial score (nSPS) is 11.6. The summed E-state index contributed by atoms with van der Waals surface area (Å²) >= 11 is 0. The molecule has 0 atom stereocenters. The summed E-state index contributed by atoms with van der Waals surface area (Å²) < 4.78 is 11.3. The van der Waals surface area contributed by atoms with E-state index in [1.807, 2.05) is 24.3 Å². The van der Waals surface area contributed by atoms with E-state index in [9.17, 15) is 0 Å². The fourth-order valence-electron chi connectivity index (χ4n) is 4.13. The van der Waals surface area contributed by atoms with Gasteiger partial charge in [-0.05, 0) is 58.4 Å². The maximum atomic E-state index is 5.64. The average Bonchev–Trinajstić information content (AvgIpc) is 2.82. The Bertz CT molecular complexity index is 1060. The van der Waals surface area contributed by atoms with Crippen LogP contribution in [-0.2, 0) is 17.3 Å². The summed E-state index contributed by atoms with van der Waals surface area (Å²) in [6.45, 7) is 17.6. The highest BCUT2D eigenvalue weighted by molar-refractivity contribution is 5.42. The number of ether oxygens (including phenoxy) is 2. The van der Waals surface area contributed by atoms with E-state index in [0.29, 0.717) is 13.2 Å². The van der Waals surface area contributed by atoms with Crippen molar-refractivity contribution in [3.8, 4) is 11.5 Å². The first-order valence-electron chi connectivity index (χ1n) is 11.5. The van der Waals surface area contributed by atoms with E-state index in [-0.39, 0.29) is 10.8 Å². The molecule has 0 unspecified atom stereocenters. The van der Waals surface area contributed by atoms with Gasteiger partial charge in [-0.1, -0.05) is 102 Å². The molecule has 0 bridgehead atoms. The molecule has 172 valence electrons. The van der Waals surface area contributed by atoms with E-state index in [4.69, 9.17) is 9.47 Å². The molecule has 0 N–H and O–H groups in total. The van der Waals surface area contributed by atoms with E-state index in [1.165, 1.54) is 22.3 Å². The summed E-state index contributed by atoms with van der Waals surface area (Å²) in [6, 6.07) is 25.8. The zero-order chi connectivity index (χ0) is 23.9. The number of benzene rings is 3. The molecule has 3 aromatic rings. The maximum Gasteiger partial charge on any atom is 0.119 e. The van der Waals surface area contributed by atoms with Crippen LogP contribution in [0.2, 0.25) is 0 Å². The van der Waals surface area contributed by atoms with Gasteiger partial charge in [0.05, 0.1) is 0 Å². The smallest absolute Gasteiger partial charge is 0.119 e. The van der Waals surface area contributed by atoms with Gasteiger partial charge in [0.2, 0.25) is 0 Å². The minimum atomic E-state index is -0.110. The van der Waals surface area contributed by atoms with E-state index in [1.54, 1.807) is 12.2 Å². The fourth-order valence-corrected chi connectivity index (χ4v) is 4.13. The molecule has 2 heteroatoms. The van der Waals surface area contributed by atoms with Gasteiger partial charge in [0.15, 0.2) is 0 Å². The van der Waals surface area contributed by atoms with Crippen molar-refractivity contribution in [3.63, 3.8) is 0 Å². The van der Waals surface area contributed by atoms with Gasteiger partial charge in [0, 0.05) is 5.41 Å². The van der Waals surface area contributed by atoms with Crippen LogP contribution in [0.1, 0.15) is 49.9 Å². The van der Waals surface area contributed by atoms with Crippen molar-refractivity contribution in [2.24, 2.45) is 0 Å². The predicted octanol–water partition coefficient (Wildman–Crippen LogP) is 7.66. The molecule has 0 spiro atoms. The maximum absolute atomic E-state index is 5.64.